The highest BCUT2D eigenvalue weighted by Gasteiger charge is 2.15. The van der Waals surface area contributed by atoms with Gasteiger partial charge in [-0.1, -0.05) is 0 Å². The van der Waals surface area contributed by atoms with Gasteiger partial charge in [0.25, 0.3) is 6.47 Å². The maximum atomic E-state index is 11.0. The second-order valence-corrected chi connectivity index (χ2v) is 4.97. The lowest BCUT2D eigenvalue weighted by molar-refractivity contribution is -0.138. The second-order valence-electron chi connectivity index (χ2n) is 4.97. The van der Waals surface area contributed by atoms with Crippen LogP contribution < -0.4 is 5.32 Å². The Morgan fingerprint density at radius 3 is 2.12 bits per heavy atom. The smallest absolute Gasteiger partial charge is 0.293 e. The number of hydrogen-bond acceptors (Lipinski definition) is 5. The monoisotopic (exact) mass is 242 g/mol. The minimum absolute atomic E-state index is 0.216. The Bertz CT molecular complexity index is 291. The van der Waals surface area contributed by atoms with E-state index in [1.54, 1.807) is 0 Å². The summed E-state index contributed by atoms with van der Waals surface area (Å²) in [6.45, 7) is 7.14. The van der Waals surface area contributed by atoms with Crippen LogP contribution in [0.1, 0.15) is 20.8 Å². The van der Waals surface area contributed by atoms with E-state index in [4.69, 9.17) is 0 Å². The first-order valence-corrected chi connectivity index (χ1v) is 5.49. The van der Waals surface area contributed by atoms with E-state index < -0.39 is 0 Å². The topological polar surface area (TPSA) is 58.6 Å². The van der Waals surface area contributed by atoms with Crippen LogP contribution in [0, 0.1) is 0 Å². The molecule has 0 aliphatic carbocycles. The lowest BCUT2D eigenvalue weighted by Crippen LogP contribution is -2.17. The summed E-state index contributed by atoms with van der Waals surface area (Å²) in [7, 11) is 3.83. The molecule has 5 nitrogen and oxygen atoms in total. The van der Waals surface area contributed by atoms with Gasteiger partial charge in [0.1, 0.15) is 5.60 Å². The van der Waals surface area contributed by atoms with E-state index in [0.29, 0.717) is 13.0 Å². The molecule has 0 radical (unpaired) electrons. The SMILES string of the molecule is CC(C)(C)OC=O.CN(C)C=C1CNCC1=O. The maximum absolute atomic E-state index is 11.0. The first-order chi connectivity index (χ1) is 7.76. The molecule has 0 aromatic carbocycles. The van der Waals surface area contributed by atoms with Crippen molar-refractivity contribution in [2.75, 3.05) is 27.2 Å². The van der Waals surface area contributed by atoms with Crippen LogP contribution >= 0.6 is 0 Å². The Kier molecular flexibility index (Phi) is 6.50. The molecule has 1 aliphatic rings. The zero-order valence-electron chi connectivity index (χ0n) is 11.2. The predicted octanol–water partition coefficient (Wildman–Crippen LogP) is 0.562. The van der Waals surface area contributed by atoms with Crippen LogP contribution in [-0.4, -0.2) is 49.9 Å². The number of carbonyl (C=O) groups excluding carboxylic acids is 2. The molecule has 1 heterocycles. The summed E-state index contributed by atoms with van der Waals surface area (Å²) in [4.78, 5) is 22.4. The first kappa shape index (κ1) is 15.6. The summed E-state index contributed by atoms with van der Waals surface area (Å²) in [5.41, 5.74) is 0.562. The average molecular weight is 242 g/mol. The Balaban J connectivity index is 0.000000325. The second kappa shape index (κ2) is 7.06. The minimum Gasteiger partial charge on any atom is -0.462 e. The fourth-order valence-electron chi connectivity index (χ4n) is 1.10. The Hall–Kier alpha value is -1.36. The van der Waals surface area contributed by atoms with Gasteiger partial charge in [-0.15, -0.1) is 0 Å². The van der Waals surface area contributed by atoms with Gasteiger partial charge in [0, 0.05) is 32.4 Å². The molecule has 0 aromatic heterocycles. The van der Waals surface area contributed by atoms with Gasteiger partial charge in [-0.3, -0.25) is 9.59 Å². The van der Waals surface area contributed by atoms with E-state index in [1.807, 2.05) is 46.0 Å². The molecule has 0 unspecified atom stereocenters. The van der Waals surface area contributed by atoms with E-state index in [2.05, 4.69) is 10.1 Å². The zero-order chi connectivity index (χ0) is 13.5. The van der Waals surface area contributed by atoms with E-state index in [1.165, 1.54) is 0 Å². The van der Waals surface area contributed by atoms with Crippen molar-refractivity contribution >= 4 is 12.3 Å². The van der Waals surface area contributed by atoms with Crippen LogP contribution in [0.15, 0.2) is 11.8 Å². The average Bonchev–Trinajstić information content (AvgIpc) is 2.49. The number of ketones is 1. The van der Waals surface area contributed by atoms with Gasteiger partial charge in [-0.2, -0.15) is 0 Å². The molecule has 17 heavy (non-hydrogen) atoms. The van der Waals surface area contributed by atoms with Gasteiger partial charge in [-0.25, -0.2) is 0 Å². The van der Waals surface area contributed by atoms with Crippen LogP contribution in [0.5, 0.6) is 0 Å². The molecule has 0 spiro atoms. The molecule has 98 valence electrons. The number of Topliss-reactive ketones (excluding diaryl/α,β-unsaturated/α-hetero) is 1. The molecule has 1 fully saturated rings. The van der Waals surface area contributed by atoms with Crippen LogP contribution in [0.2, 0.25) is 0 Å². The summed E-state index contributed by atoms with van der Waals surface area (Å²) in [5.74, 6) is 0.216. The molecule has 1 rings (SSSR count). The predicted molar refractivity (Wildman–Crippen MR) is 66.5 cm³/mol. The van der Waals surface area contributed by atoms with E-state index in [0.717, 1.165) is 12.1 Å². The van der Waals surface area contributed by atoms with Crippen LogP contribution in [0.3, 0.4) is 0 Å². The molecule has 0 aromatic rings. The Morgan fingerprint density at radius 1 is 1.29 bits per heavy atom. The standard InChI is InChI=1S/C7H12N2O.C5H10O2/c1-9(2)5-6-3-8-4-7(6)10;1-5(2,3)7-4-6/h5,8H,3-4H2,1-2H3;4H,1-3H3. The van der Waals surface area contributed by atoms with E-state index >= 15 is 0 Å². The van der Waals surface area contributed by atoms with Crippen molar-refractivity contribution in [1.29, 1.82) is 0 Å². The number of rotatable bonds is 2. The van der Waals surface area contributed by atoms with Crippen LogP contribution in [-0.2, 0) is 14.3 Å². The molecule has 1 aliphatic heterocycles. The lowest BCUT2D eigenvalue weighted by atomic mass is 10.2. The van der Waals surface area contributed by atoms with Gasteiger partial charge in [0.05, 0.1) is 6.54 Å². The highest BCUT2D eigenvalue weighted by atomic mass is 16.5. The van der Waals surface area contributed by atoms with Crippen molar-refractivity contribution in [2.24, 2.45) is 0 Å². The third-order valence-electron chi connectivity index (χ3n) is 1.77. The molecule has 1 saturated heterocycles. The molecule has 0 amide bonds. The summed E-state index contributed by atoms with van der Waals surface area (Å²) in [5, 5.41) is 2.98. The zero-order valence-corrected chi connectivity index (χ0v) is 11.2. The van der Waals surface area contributed by atoms with Gasteiger partial charge in [0.15, 0.2) is 5.78 Å². The minimum atomic E-state index is -0.318. The Labute approximate surface area is 103 Å². The molecule has 0 saturated carbocycles. The largest absolute Gasteiger partial charge is 0.462 e. The number of nitrogens with one attached hydrogen (secondary N) is 1. The summed E-state index contributed by atoms with van der Waals surface area (Å²) in [6, 6.07) is 0. The maximum Gasteiger partial charge on any atom is 0.293 e. The molecular formula is C12H22N2O3. The summed E-state index contributed by atoms with van der Waals surface area (Å²) in [6.07, 6.45) is 1.86. The molecule has 1 N–H and O–H groups in total. The van der Waals surface area contributed by atoms with Crippen molar-refractivity contribution in [1.82, 2.24) is 10.2 Å². The van der Waals surface area contributed by atoms with Crippen molar-refractivity contribution in [2.45, 2.75) is 26.4 Å². The van der Waals surface area contributed by atoms with Crippen LogP contribution in [0.4, 0.5) is 0 Å². The van der Waals surface area contributed by atoms with E-state index in [9.17, 15) is 9.59 Å². The van der Waals surface area contributed by atoms with Gasteiger partial charge < -0.3 is 15.0 Å². The quantitative estimate of drug-likeness (QED) is 0.566. The lowest BCUT2D eigenvalue weighted by Gasteiger charge is -2.14. The van der Waals surface area contributed by atoms with Crippen molar-refractivity contribution in [3.63, 3.8) is 0 Å². The van der Waals surface area contributed by atoms with E-state index in [-0.39, 0.29) is 11.4 Å². The third kappa shape index (κ3) is 8.45. The van der Waals surface area contributed by atoms with Crippen molar-refractivity contribution < 1.29 is 14.3 Å². The highest BCUT2D eigenvalue weighted by molar-refractivity contribution is 5.99. The molecule has 5 heteroatoms. The number of hydrogen-bond donors (Lipinski definition) is 1. The molecule has 0 atom stereocenters. The highest BCUT2D eigenvalue weighted by Crippen LogP contribution is 2.02. The van der Waals surface area contributed by atoms with Crippen LogP contribution in [0.25, 0.3) is 0 Å². The first-order valence-electron chi connectivity index (χ1n) is 5.49. The summed E-state index contributed by atoms with van der Waals surface area (Å²) >= 11 is 0. The summed E-state index contributed by atoms with van der Waals surface area (Å²) < 4.78 is 4.55. The normalized spacial score (nSPS) is 17.5. The fraction of sp³-hybridized carbons (Fsp3) is 0.667. The third-order valence-corrected chi connectivity index (χ3v) is 1.77. The number of carbonyl (C=O) groups is 2. The van der Waals surface area contributed by atoms with Crippen molar-refractivity contribution in [3.05, 3.63) is 11.8 Å². The number of ether oxygens (including phenoxy) is 1. The van der Waals surface area contributed by atoms with Gasteiger partial charge >= 0.3 is 0 Å². The van der Waals surface area contributed by atoms with Gasteiger partial charge in [0.2, 0.25) is 0 Å². The number of nitrogens with zero attached hydrogens (tertiary/aromatic N) is 1. The molecule has 0 bridgehead atoms. The van der Waals surface area contributed by atoms with Crippen molar-refractivity contribution in [3.8, 4) is 0 Å². The molecular weight excluding hydrogens is 220 g/mol. The van der Waals surface area contributed by atoms with Gasteiger partial charge in [-0.05, 0) is 20.8 Å². The Morgan fingerprint density at radius 2 is 1.88 bits per heavy atom. The fourth-order valence-corrected chi connectivity index (χ4v) is 1.10.